The van der Waals surface area contributed by atoms with Crippen molar-refractivity contribution in [3.8, 4) is 11.5 Å². The van der Waals surface area contributed by atoms with E-state index >= 15 is 8.78 Å². The zero-order chi connectivity index (χ0) is 31.6. The van der Waals surface area contributed by atoms with E-state index in [9.17, 15) is 27.2 Å². The van der Waals surface area contributed by atoms with Crippen molar-refractivity contribution in [1.29, 1.82) is 0 Å². The van der Waals surface area contributed by atoms with Crippen molar-refractivity contribution in [3.05, 3.63) is 81.9 Å². The number of aromatic nitrogens is 2. The molecule has 1 amide bonds. The SMILES string of the molecule is C[C@@H](C(=O)Nc1ccc(Oc2ccc(F)cc2F)cn1)N1CCC(F)(F)[C@@H](c2c[nH]c(=O)c(CN3CCC(F)(F)CC3)c2)C1. The van der Waals surface area contributed by atoms with Crippen LogP contribution in [0.25, 0.3) is 0 Å². The number of amides is 1. The zero-order valence-corrected chi connectivity index (χ0v) is 23.8. The largest absolute Gasteiger partial charge is 0.453 e. The van der Waals surface area contributed by atoms with Crippen molar-refractivity contribution in [1.82, 2.24) is 19.8 Å². The number of alkyl halides is 4. The fourth-order valence-corrected chi connectivity index (χ4v) is 5.37. The van der Waals surface area contributed by atoms with Gasteiger partial charge in [0.15, 0.2) is 11.6 Å². The van der Waals surface area contributed by atoms with Gasteiger partial charge in [-0.1, -0.05) is 0 Å². The minimum atomic E-state index is -3.11. The highest BCUT2D eigenvalue weighted by atomic mass is 19.3. The molecule has 2 aromatic heterocycles. The predicted molar refractivity (Wildman–Crippen MR) is 149 cm³/mol. The van der Waals surface area contributed by atoms with Gasteiger partial charge < -0.3 is 15.0 Å². The van der Waals surface area contributed by atoms with Crippen LogP contribution in [0.5, 0.6) is 11.5 Å². The molecule has 2 aliphatic heterocycles. The Bertz CT molecular complexity index is 1540. The summed E-state index contributed by atoms with van der Waals surface area (Å²) in [5.41, 5.74) is -0.0623. The molecule has 0 unspecified atom stereocenters. The maximum Gasteiger partial charge on any atom is 0.257 e. The summed E-state index contributed by atoms with van der Waals surface area (Å²) in [6, 6.07) is 6.28. The van der Waals surface area contributed by atoms with E-state index in [1.54, 1.807) is 16.7 Å². The molecule has 8 nitrogen and oxygen atoms in total. The highest BCUT2D eigenvalue weighted by molar-refractivity contribution is 5.93. The molecule has 2 aliphatic rings. The lowest BCUT2D eigenvalue weighted by molar-refractivity contribution is -0.125. The molecule has 2 saturated heterocycles. The number of likely N-dealkylation sites (tertiary alicyclic amines) is 2. The maximum atomic E-state index is 15.2. The lowest BCUT2D eigenvalue weighted by Crippen LogP contribution is -2.52. The van der Waals surface area contributed by atoms with Crippen molar-refractivity contribution >= 4 is 11.7 Å². The number of halogens is 6. The lowest BCUT2D eigenvalue weighted by atomic mass is 9.86. The van der Waals surface area contributed by atoms with E-state index < -0.39 is 53.3 Å². The third kappa shape index (κ3) is 7.41. The number of pyridine rings is 2. The number of H-pyrrole nitrogens is 1. The Morgan fingerprint density at radius 3 is 2.52 bits per heavy atom. The number of nitrogens with one attached hydrogen (secondary N) is 2. The molecule has 0 spiro atoms. The molecular weight excluding hydrogens is 592 g/mol. The highest BCUT2D eigenvalue weighted by Gasteiger charge is 2.46. The van der Waals surface area contributed by atoms with Gasteiger partial charge in [0.1, 0.15) is 17.4 Å². The third-order valence-electron chi connectivity index (χ3n) is 8.08. The molecule has 2 fully saturated rings. The Kier molecular flexibility index (Phi) is 9.02. The minimum absolute atomic E-state index is 0.0558. The van der Waals surface area contributed by atoms with Crippen LogP contribution in [0.3, 0.4) is 0 Å². The van der Waals surface area contributed by atoms with Gasteiger partial charge in [-0.2, -0.15) is 0 Å². The third-order valence-corrected chi connectivity index (χ3v) is 8.08. The van der Waals surface area contributed by atoms with E-state index in [1.165, 1.54) is 30.6 Å². The van der Waals surface area contributed by atoms with E-state index in [0.717, 1.165) is 12.1 Å². The first-order valence-electron chi connectivity index (χ1n) is 14.1. The molecule has 236 valence electrons. The number of rotatable bonds is 8. The van der Waals surface area contributed by atoms with Crippen LogP contribution in [0.4, 0.5) is 32.2 Å². The summed E-state index contributed by atoms with van der Waals surface area (Å²) in [6.07, 6.45) is 1.31. The number of hydrogen-bond acceptors (Lipinski definition) is 6. The predicted octanol–water partition coefficient (Wildman–Crippen LogP) is 5.52. The Balaban J connectivity index is 1.22. The second-order valence-corrected chi connectivity index (χ2v) is 11.2. The van der Waals surface area contributed by atoms with Crippen molar-refractivity contribution in [2.45, 2.75) is 56.5 Å². The van der Waals surface area contributed by atoms with Gasteiger partial charge in [0.05, 0.1) is 18.2 Å². The average molecular weight is 624 g/mol. The molecule has 3 aromatic rings. The summed E-state index contributed by atoms with van der Waals surface area (Å²) in [4.78, 5) is 35.4. The fourth-order valence-electron chi connectivity index (χ4n) is 5.37. The number of hydrogen-bond donors (Lipinski definition) is 2. The lowest BCUT2D eigenvalue weighted by Gasteiger charge is -2.40. The van der Waals surface area contributed by atoms with Crippen molar-refractivity contribution in [3.63, 3.8) is 0 Å². The van der Waals surface area contributed by atoms with E-state index in [4.69, 9.17) is 4.74 Å². The second kappa shape index (κ2) is 12.6. The Morgan fingerprint density at radius 1 is 1.09 bits per heavy atom. The number of nitrogens with zero attached hydrogens (tertiary/aromatic N) is 3. The summed E-state index contributed by atoms with van der Waals surface area (Å²) < 4.78 is 89.8. The number of ether oxygens (including phenoxy) is 1. The monoisotopic (exact) mass is 623 g/mol. The average Bonchev–Trinajstić information content (AvgIpc) is 2.97. The number of piperidine rings is 2. The number of anilines is 1. The van der Waals surface area contributed by atoms with Crippen molar-refractivity contribution < 1.29 is 35.9 Å². The summed E-state index contributed by atoms with van der Waals surface area (Å²) in [5, 5.41) is 2.63. The van der Waals surface area contributed by atoms with Crippen LogP contribution in [-0.4, -0.2) is 69.7 Å². The minimum Gasteiger partial charge on any atom is -0.453 e. The van der Waals surface area contributed by atoms with Crippen LogP contribution >= 0.6 is 0 Å². The van der Waals surface area contributed by atoms with Crippen LogP contribution in [0, 0.1) is 11.6 Å². The van der Waals surface area contributed by atoms with Gasteiger partial charge in [-0.15, -0.1) is 0 Å². The van der Waals surface area contributed by atoms with Crippen LogP contribution in [0.1, 0.15) is 43.2 Å². The van der Waals surface area contributed by atoms with E-state index in [0.29, 0.717) is 6.07 Å². The second-order valence-electron chi connectivity index (χ2n) is 11.2. The van der Waals surface area contributed by atoms with Crippen LogP contribution < -0.4 is 15.6 Å². The molecule has 1 aromatic carbocycles. The molecule has 2 N–H and O–H groups in total. The zero-order valence-electron chi connectivity index (χ0n) is 23.8. The summed E-state index contributed by atoms with van der Waals surface area (Å²) in [6.45, 7) is 1.60. The van der Waals surface area contributed by atoms with Crippen LogP contribution in [0.15, 0.2) is 53.6 Å². The van der Waals surface area contributed by atoms with Crippen LogP contribution in [0.2, 0.25) is 0 Å². The molecule has 4 heterocycles. The highest BCUT2D eigenvalue weighted by Crippen LogP contribution is 2.41. The van der Waals surface area contributed by atoms with Gasteiger partial charge in [-0.25, -0.2) is 31.3 Å². The van der Waals surface area contributed by atoms with E-state index in [1.807, 2.05) is 0 Å². The van der Waals surface area contributed by atoms with Gasteiger partial charge in [0.25, 0.3) is 17.4 Å². The summed E-state index contributed by atoms with van der Waals surface area (Å²) in [5.74, 6) is -9.25. The van der Waals surface area contributed by atoms with Crippen molar-refractivity contribution in [2.75, 3.05) is 31.5 Å². The quantitative estimate of drug-likeness (QED) is 0.321. The molecule has 0 aliphatic carbocycles. The molecule has 44 heavy (non-hydrogen) atoms. The topological polar surface area (TPSA) is 90.6 Å². The first kappa shape index (κ1) is 31.5. The number of aromatic amines is 1. The first-order valence-corrected chi connectivity index (χ1v) is 14.1. The molecular formula is C30H31F6N5O3. The normalized spacial score (nSPS) is 21.0. The van der Waals surface area contributed by atoms with Gasteiger partial charge in [-0.05, 0) is 42.8 Å². The van der Waals surface area contributed by atoms with Gasteiger partial charge in [0.2, 0.25) is 5.91 Å². The Hall–Kier alpha value is -3.91. The summed E-state index contributed by atoms with van der Waals surface area (Å²) >= 11 is 0. The van der Waals surface area contributed by atoms with Gasteiger partial charge >= 0.3 is 0 Å². The number of benzene rings is 1. The smallest absolute Gasteiger partial charge is 0.257 e. The Morgan fingerprint density at radius 2 is 1.84 bits per heavy atom. The van der Waals surface area contributed by atoms with E-state index in [2.05, 4.69) is 15.3 Å². The first-order chi connectivity index (χ1) is 20.8. The van der Waals surface area contributed by atoms with Crippen LogP contribution in [-0.2, 0) is 11.3 Å². The molecule has 14 heteroatoms. The Labute approximate surface area is 249 Å². The molecule has 5 rings (SSSR count). The van der Waals surface area contributed by atoms with Gasteiger partial charge in [0, 0.05) is 69.8 Å². The fraction of sp³-hybridized carbons (Fsp3) is 0.433. The standard InChI is InChI=1S/C30H31F6N5O3/c1-18(27(42)39-26-5-3-22(15-37-26)44-25-4-2-21(31)13-24(25)32)41-11-8-30(35,36)23(17-41)19-12-20(28(43)38-14-19)16-40-9-6-29(33,34)7-10-40/h2-5,12-15,18,23H,6-11,16-17H2,1H3,(H,38,43)(H,37,39,42)/t18-,23+/m0/s1. The number of carbonyl (C=O) groups excluding carboxylic acids is 1. The number of carbonyl (C=O) groups is 1. The maximum absolute atomic E-state index is 15.2. The van der Waals surface area contributed by atoms with E-state index in [-0.39, 0.29) is 74.0 Å². The summed E-state index contributed by atoms with van der Waals surface area (Å²) in [7, 11) is 0. The van der Waals surface area contributed by atoms with Crippen molar-refractivity contribution in [2.24, 2.45) is 0 Å². The molecule has 0 radical (unpaired) electrons. The molecule has 0 saturated carbocycles. The molecule has 2 atom stereocenters. The molecule has 0 bridgehead atoms. The van der Waals surface area contributed by atoms with Gasteiger partial charge in [-0.3, -0.25) is 19.4 Å².